The molecule has 0 aromatic heterocycles. The Morgan fingerprint density at radius 3 is 2.57 bits per heavy atom. The Kier molecular flexibility index (Phi) is 5.68. The molecular weight excluding hydrogens is 282 g/mol. The lowest BCUT2D eigenvalue weighted by molar-refractivity contribution is 0.213. The van der Waals surface area contributed by atoms with E-state index in [-0.39, 0.29) is 0 Å². The van der Waals surface area contributed by atoms with Crippen molar-refractivity contribution in [3.8, 4) is 0 Å². The maximum Gasteiger partial charge on any atom is 0.115 e. The van der Waals surface area contributed by atoms with Crippen molar-refractivity contribution in [2.24, 2.45) is 16.8 Å². The van der Waals surface area contributed by atoms with Gasteiger partial charge in [-0.1, -0.05) is 57.3 Å². The van der Waals surface area contributed by atoms with Crippen LogP contribution in [0.2, 0.25) is 0 Å². The minimum absolute atomic E-state index is 0.359. The first-order valence-electron chi connectivity index (χ1n) is 9.03. The molecule has 0 saturated carbocycles. The molecule has 0 spiro atoms. The summed E-state index contributed by atoms with van der Waals surface area (Å²) in [5, 5.41) is 0. The van der Waals surface area contributed by atoms with Crippen molar-refractivity contribution in [3.63, 3.8) is 0 Å². The number of allylic oxidation sites excluding steroid dienone is 8. The largest absolute Gasteiger partial charge is 0.494 e. The van der Waals surface area contributed by atoms with Crippen LogP contribution in [0, 0.1) is 11.8 Å². The fourth-order valence-electron chi connectivity index (χ4n) is 3.39. The van der Waals surface area contributed by atoms with Gasteiger partial charge in [0.15, 0.2) is 0 Å². The third kappa shape index (κ3) is 4.13. The number of hydrogen-bond donors (Lipinski definition) is 0. The molecule has 122 valence electrons. The number of unbranched alkanes of at least 4 members (excludes halogenated alkanes) is 5. The van der Waals surface area contributed by atoms with Crippen molar-refractivity contribution in [1.82, 2.24) is 0 Å². The van der Waals surface area contributed by atoms with E-state index in [9.17, 15) is 0 Å². The average molecular weight is 309 g/mol. The van der Waals surface area contributed by atoms with Crippen LogP contribution in [0.3, 0.4) is 0 Å². The molecule has 0 fully saturated rings. The third-order valence-electron chi connectivity index (χ3n) is 4.78. The van der Waals surface area contributed by atoms with Gasteiger partial charge in [0, 0.05) is 24.3 Å². The molecule has 0 saturated heterocycles. The molecular formula is C21H27NO. The Balaban J connectivity index is 1.49. The number of fused-ring (bicyclic) bond motifs is 3. The SMILES string of the molecule is CCCCCCCCOC1=CC2C(=CC=C3C=CN=CC32)C=C1. The monoisotopic (exact) mass is 309 g/mol. The lowest BCUT2D eigenvalue weighted by atomic mass is 9.75. The summed E-state index contributed by atoms with van der Waals surface area (Å²) in [7, 11) is 0. The van der Waals surface area contributed by atoms with Crippen molar-refractivity contribution in [2.45, 2.75) is 45.4 Å². The molecule has 1 aliphatic heterocycles. The molecule has 2 heteroatoms. The molecule has 2 unspecified atom stereocenters. The number of hydrogen-bond acceptors (Lipinski definition) is 2. The van der Waals surface area contributed by atoms with E-state index in [1.54, 1.807) is 0 Å². The number of ether oxygens (including phenoxy) is 1. The zero-order valence-electron chi connectivity index (χ0n) is 14.1. The number of aliphatic imine (C=N–C) groups is 1. The van der Waals surface area contributed by atoms with Gasteiger partial charge in [0.05, 0.1) is 6.61 Å². The van der Waals surface area contributed by atoms with Gasteiger partial charge in [-0.3, -0.25) is 4.99 Å². The first-order chi connectivity index (χ1) is 11.4. The van der Waals surface area contributed by atoms with Crippen LogP contribution in [0.1, 0.15) is 45.4 Å². The standard InChI is InChI=1S/C21H27NO/c1-2-3-4-5-6-7-14-23-19-11-10-17-8-9-18-12-13-22-16-21(18)20(17)15-19/h8-13,15-16,20-21H,2-7,14H2,1H3. The summed E-state index contributed by atoms with van der Waals surface area (Å²) in [5.74, 6) is 1.75. The third-order valence-corrected chi connectivity index (χ3v) is 4.78. The minimum atomic E-state index is 0.359. The van der Waals surface area contributed by atoms with Crippen LogP contribution in [-0.4, -0.2) is 12.8 Å². The summed E-state index contributed by atoms with van der Waals surface area (Å²) in [5.41, 5.74) is 2.70. The van der Waals surface area contributed by atoms with E-state index >= 15 is 0 Å². The predicted molar refractivity (Wildman–Crippen MR) is 97.3 cm³/mol. The molecule has 2 nitrogen and oxygen atoms in total. The van der Waals surface area contributed by atoms with Crippen LogP contribution < -0.4 is 0 Å². The van der Waals surface area contributed by atoms with Crippen LogP contribution in [0.25, 0.3) is 0 Å². The lowest BCUT2D eigenvalue weighted by Gasteiger charge is -2.30. The summed E-state index contributed by atoms with van der Waals surface area (Å²) in [6.45, 7) is 3.09. The molecule has 0 radical (unpaired) electrons. The molecule has 23 heavy (non-hydrogen) atoms. The van der Waals surface area contributed by atoms with Crippen molar-refractivity contribution in [2.75, 3.05) is 6.61 Å². The molecule has 0 N–H and O–H groups in total. The Morgan fingerprint density at radius 2 is 1.70 bits per heavy atom. The van der Waals surface area contributed by atoms with Crippen LogP contribution in [0.15, 0.2) is 64.6 Å². The van der Waals surface area contributed by atoms with E-state index in [0.29, 0.717) is 11.8 Å². The second kappa shape index (κ2) is 8.14. The fourth-order valence-corrected chi connectivity index (χ4v) is 3.39. The van der Waals surface area contributed by atoms with Crippen LogP contribution in [-0.2, 0) is 4.74 Å². The van der Waals surface area contributed by atoms with E-state index < -0.39 is 0 Å². The highest BCUT2D eigenvalue weighted by molar-refractivity contribution is 5.73. The average Bonchev–Trinajstić information content (AvgIpc) is 2.61. The van der Waals surface area contributed by atoms with Gasteiger partial charge in [0.25, 0.3) is 0 Å². The zero-order valence-corrected chi connectivity index (χ0v) is 14.1. The topological polar surface area (TPSA) is 21.6 Å². The summed E-state index contributed by atoms with van der Waals surface area (Å²) in [6, 6.07) is 0. The zero-order chi connectivity index (χ0) is 15.9. The predicted octanol–water partition coefficient (Wildman–Crippen LogP) is 5.51. The van der Waals surface area contributed by atoms with Gasteiger partial charge >= 0.3 is 0 Å². The maximum atomic E-state index is 5.98. The molecule has 1 heterocycles. The Labute approximate surface area is 140 Å². The van der Waals surface area contributed by atoms with Gasteiger partial charge < -0.3 is 4.74 Å². The van der Waals surface area contributed by atoms with E-state index in [1.807, 2.05) is 6.20 Å². The lowest BCUT2D eigenvalue weighted by Crippen LogP contribution is -2.23. The van der Waals surface area contributed by atoms with Gasteiger partial charge in [-0.25, -0.2) is 0 Å². The summed E-state index contributed by atoms with van der Waals surface area (Å²) in [4.78, 5) is 4.32. The molecule has 0 aromatic rings. The summed E-state index contributed by atoms with van der Waals surface area (Å²) >= 11 is 0. The van der Waals surface area contributed by atoms with Crippen molar-refractivity contribution >= 4 is 6.21 Å². The first kappa shape index (κ1) is 16.0. The highest BCUT2D eigenvalue weighted by Crippen LogP contribution is 2.37. The highest BCUT2D eigenvalue weighted by Gasteiger charge is 2.29. The molecule has 3 aliphatic rings. The van der Waals surface area contributed by atoms with E-state index in [0.717, 1.165) is 18.8 Å². The van der Waals surface area contributed by atoms with Crippen molar-refractivity contribution in [3.05, 3.63) is 59.6 Å². The Hall–Kier alpha value is -1.83. The normalized spacial score (nSPS) is 24.5. The fraction of sp³-hybridized carbons (Fsp3) is 0.476. The number of rotatable bonds is 8. The smallest absolute Gasteiger partial charge is 0.115 e. The first-order valence-corrected chi connectivity index (χ1v) is 9.03. The molecule has 2 aliphatic carbocycles. The Bertz CT molecular complexity index is 589. The van der Waals surface area contributed by atoms with E-state index in [1.165, 1.54) is 43.3 Å². The van der Waals surface area contributed by atoms with Crippen LogP contribution >= 0.6 is 0 Å². The second-order valence-corrected chi connectivity index (χ2v) is 6.52. The molecule has 0 aromatic carbocycles. The molecule has 0 amide bonds. The van der Waals surface area contributed by atoms with E-state index in [4.69, 9.17) is 4.74 Å². The second-order valence-electron chi connectivity index (χ2n) is 6.52. The van der Waals surface area contributed by atoms with Crippen molar-refractivity contribution < 1.29 is 4.74 Å². The molecule has 0 bridgehead atoms. The maximum absolute atomic E-state index is 5.98. The van der Waals surface area contributed by atoms with Gasteiger partial charge in [-0.2, -0.15) is 0 Å². The Morgan fingerprint density at radius 1 is 0.913 bits per heavy atom. The van der Waals surface area contributed by atoms with Crippen molar-refractivity contribution in [1.29, 1.82) is 0 Å². The van der Waals surface area contributed by atoms with Gasteiger partial charge in [0.2, 0.25) is 0 Å². The molecule has 2 atom stereocenters. The van der Waals surface area contributed by atoms with Crippen LogP contribution in [0.5, 0.6) is 0 Å². The quantitative estimate of drug-likeness (QED) is 0.541. The van der Waals surface area contributed by atoms with Gasteiger partial charge in [-0.15, -0.1) is 0 Å². The summed E-state index contributed by atoms with van der Waals surface area (Å²) < 4.78 is 5.98. The highest BCUT2D eigenvalue weighted by atomic mass is 16.5. The molecule has 3 rings (SSSR count). The minimum Gasteiger partial charge on any atom is -0.494 e. The van der Waals surface area contributed by atoms with Gasteiger partial charge in [-0.05, 0) is 35.8 Å². The van der Waals surface area contributed by atoms with Crippen LogP contribution in [0.4, 0.5) is 0 Å². The number of nitrogens with zero attached hydrogens (tertiary/aromatic N) is 1. The summed E-state index contributed by atoms with van der Waals surface area (Å²) in [6.07, 6.45) is 24.8. The van der Waals surface area contributed by atoms with E-state index in [2.05, 4.69) is 54.6 Å². The van der Waals surface area contributed by atoms with Gasteiger partial charge in [0.1, 0.15) is 5.76 Å².